The van der Waals surface area contributed by atoms with Gasteiger partial charge in [-0.3, -0.25) is 14.5 Å². The minimum atomic E-state index is -1.51. The van der Waals surface area contributed by atoms with Gasteiger partial charge in [-0.15, -0.1) is 0 Å². The van der Waals surface area contributed by atoms with E-state index in [0.29, 0.717) is 0 Å². The molecule has 1 heterocycles. The molecule has 2 N–H and O–H groups in total. The van der Waals surface area contributed by atoms with Crippen LogP contribution in [0.15, 0.2) is 24.3 Å². The lowest BCUT2D eigenvalue weighted by Gasteiger charge is -2.24. The molecule has 1 saturated carbocycles. The number of halogens is 1. The molecule has 2 fully saturated rings. The normalized spacial score (nSPS) is 24.3. The summed E-state index contributed by atoms with van der Waals surface area (Å²) in [5.41, 5.74) is -1.42. The van der Waals surface area contributed by atoms with Crippen LogP contribution in [-0.4, -0.2) is 35.3 Å². The molecular formula is C18H22FN3O3. The van der Waals surface area contributed by atoms with Crippen molar-refractivity contribution in [2.45, 2.75) is 50.6 Å². The van der Waals surface area contributed by atoms with Gasteiger partial charge in [-0.2, -0.15) is 0 Å². The Labute approximate surface area is 145 Å². The number of amides is 4. The molecule has 0 bridgehead atoms. The third kappa shape index (κ3) is 3.36. The third-order valence-electron chi connectivity index (χ3n) is 4.96. The van der Waals surface area contributed by atoms with E-state index in [1.165, 1.54) is 31.5 Å². The second-order valence-electron chi connectivity index (χ2n) is 6.83. The highest BCUT2D eigenvalue weighted by atomic mass is 19.1. The van der Waals surface area contributed by atoms with E-state index >= 15 is 0 Å². The first-order valence-electron chi connectivity index (χ1n) is 8.60. The number of nitrogens with one attached hydrogen (secondary N) is 2. The van der Waals surface area contributed by atoms with Gasteiger partial charge in [0.25, 0.3) is 5.91 Å². The average molecular weight is 347 g/mol. The van der Waals surface area contributed by atoms with Gasteiger partial charge in [0.2, 0.25) is 5.91 Å². The zero-order chi connectivity index (χ0) is 18.0. The van der Waals surface area contributed by atoms with E-state index in [2.05, 4.69) is 10.6 Å². The minimum Gasteiger partial charge on any atom is -0.352 e. The molecule has 0 spiro atoms. The maximum absolute atomic E-state index is 14.1. The Hall–Kier alpha value is -2.44. The molecule has 6 nitrogen and oxygen atoms in total. The van der Waals surface area contributed by atoms with Crippen LogP contribution in [0.5, 0.6) is 0 Å². The van der Waals surface area contributed by atoms with E-state index < -0.39 is 23.3 Å². The highest BCUT2D eigenvalue weighted by Gasteiger charge is 2.50. The van der Waals surface area contributed by atoms with Gasteiger partial charge < -0.3 is 10.6 Å². The third-order valence-corrected chi connectivity index (χ3v) is 4.96. The molecule has 7 heteroatoms. The second-order valence-corrected chi connectivity index (χ2v) is 6.83. The summed E-state index contributed by atoms with van der Waals surface area (Å²) in [6.07, 6.45) is 5.14. The van der Waals surface area contributed by atoms with Crippen molar-refractivity contribution in [2.24, 2.45) is 0 Å². The zero-order valence-electron chi connectivity index (χ0n) is 14.2. The molecule has 1 saturated heterocycles. The Balaban J connectivity index is 1.71. The number of urea groups is 1. The van der Waals surface area contributed by atoms with E-state index in [4.69, 9.17) is 0 Å². The lowest BCUT2D eigenvalue weighted by atomic mass is 9.91. The van der Waals surface area contributed by atoms with Gasteiger partial charge in [0.05, 0.1) is 0 Å². The Morgan fingerprint density at radius 3 is 2.64 bits per heavy atom. The van der Waals surface area contributed by atoms with Crippen molar-refractivity contribution in [3.05, 3.63) is 35.6 Å². The molecule has 1 aliphatic heterocycles. The van der Waals surface area contributed by atoms with Gasteiger partial charge in [-0.05, 0) is 25.8 Å². The number of imide groups is 1. The zero-order valence-corrected chi connectivity index (χ0v) is 14.2. The van der Waals surface area contributed by atoms with Crippen molar-refractivity contribution in [3.63, 3.8) is 0 Å². The van der Waals surface area contributed by atoms with Gasteiger partial charge >= 0.3 is 6.03 Å². The fourth-order valence-corrected chi connectivity index (χ4v) is 3.55. The number of carbonyl (C=O) groups excluding carboxylic acids is 3. The van der Waals surface area contributed by atoms with E-state index in [9.17, 15) is 18.8 Å². The molecule has 0 radical (unpaired) electrons. The standard InChI is InChI=1S/C18H22FN3O3/c1-18(13-9-5-6-10-14(13)19)16(24)22(17(25)21-18)11-15(23)20-12-7-3-2-4-8-12/h5-6,9-10,12H,2-4,7-8,11H2,1H3,(H,20,23)(H,21,25)/t18-/m1/s1. The van der Waals surface area contributed by atoms with Crippen LogP contribution in [-0.2, 0) is 15.1 Å². The molecule has 4 amide bonds. The minimum absolute atomic E-state index is 0.0866. The van der Waals surface area contributed by atoms with Crippen molar-refractivity contribution in [1.82, 2.24) is 15.5 Å². The number of hydrogen-bond acceptors (Lipinski definition) is 3. The number of hydrogen-bond donors (Lipinski definition) is 2. The Morgan fingerprint density at radius 1 is 1.28 bits per heavy atom. The van der Waals surface area contributed by atoms with Gasteiger partial charge in [0, 0.05) is 11.6 Å². The molecule has 25 heavy (non-hydrogen) atoms. The summed E-state index contributed by atoms with van der Waals surface area (Å²) in [5, 5.41) is 5.39. The Bertz CT molecular complexity index is 703. The Kier molecular flexibility index (Phi) is 4.74. The van der Waals surface area contributed by atoms with Crippen molar-refractivity contribution in [3.8, 4) is 0 Å². The second kappa shape index (κ2) is 6.82. The van der Waals surface area contributed by atoms with Gasteiger partial charge in [-0.25, -0.2) is 9.18 Å². The maximum atomic E-state index is 14.1. The number of nitrogens with zero attached hydrogens (tertiary/aromatic N) is 1. The molecule has 2 aliphatic rings. The van der Waals surface area contributed by atoms with Gasteiger partial charge in [0.15, 0.2) is 0 Å². The van der Waals surface area contributed by atoms with Crippen molar-refractivity contribution in [2.75, 3.05) is 6.54 Å². The van der Waals surface area contributed by atoms with Crippen LogP contribution in [0.3, 0.4) is 0 Å². The molecule has 1 aliphatic carbocycles. The summed E-state index contributed by atoms with van der Waals surface area (Å²) < 4.78 is 14.1. The topological polar surface area (TPSA) is 78.5 Å². The van der Waals surface area contributed by atoms with Crippen LogP contribution < -0.4 is 10.6 Å². The Morgan fingerprint density at radius 2 is 1.96 bits per heavy atom. The molecule has 0 unspecified atom stereocenters. The van der Waals surface area contributed by atoms with Crippen LogP contribution in [0.4, 0.5) is 9.18 Å². The van der Waals surface area contributed by atoms with E-state index in [1.807, 2.05) is 0 Å². The van der Waals surface area contributed by atoms with E-state index in [-0.39, 0.29) is 24.1 Å². The van der Waals surface area contributed by atoms with Crippen LogP contribution in [0.25, 0.3) is 0 Å². The maximum Gasteiger partial charge on any atom is 0.325 e. The summed E-state index contributed by atoms with van der Waals surface area (Å²) >= 11 is 0. The predicted molar refractivity (Wildman–Crippen MR) is 89.0 cm³/mol. The van der Waals surface area contributed by atoms with Crippen LogP contribution in [0.2, 0.25) is 0 Å². The quantitative estimate of drug-likeness (QED) is 0.818. The molecule has 1 aromatic rings. The lowest BCUT2D eigenvalue weighted by molar-refractivity contribution is -0.135. The van der Waals surface area contributed by atoms with Gasteiger partial charge in [-0.1, -0.05) is 37.5 Å². The molecular weight excluding hydrogens is 325 g/mol. The first-order chi connectivity index (χ1) is 11.9. The lowest BCUT2D eigenvalue weighted by Crippen LogP contribution is -2.46. The van der Waals surface area contributed by atoms with Crippen LogP contribution >= 0.6 is 0 Å². The summed E-state index contributed by atoms with van der Waals surface area (Å²) in [7, 11) is 0. The first-order valence-corrected chi connectivity index (χ1v) is 8.60. The van der Waals surface area contributed by atoms with Crippen LogP contribution in [0.1, 0.15) is 44.6 Å². The fourth-order valence-electron chi connectivity index (χ4n) is 3.55. The number of carbonyl (C=O) groups is 3. The molecule has 1 aromatic carbocycles. The summed E-state index contributed by atoms with van der Waals surface area (Å²) in [4.78, 5) is 38.0. The smallest absolute Gasteiger partial charge is 0.325 e. The van der Waals surface area contributed by atoms with Crippen molar-refractivity contribution in [1.29, 1.82) is 0 Å². The van der Waals surface area contributed by atoms with E-state index in [1.54, 1.807) is 6.07 Å². The molecule has 134 valence electrons. The summed E-state index contributed by atoms with van der Waals surface area (Å²) in [5.74, 6) is -1.57. The first kappa shape index (κ1) is 17.4. The SMILES string of the molecule is C[C@]1(c2ccccc2F)NC(=O)N(CC(=O)NC2CCCCC2)C1=O. The summed E-state index contributed by atoms with van der Waals surface area (Å²) in [6, 6.07) is 5.22. The fraction of sp³-hybridized carbons (Fsp3) is 0.500. The van der Waals surface area contributed by atoms with E-state index in [0.717, 1.165) is 30.6 Å². The predicted octanol–water partition coefficient (Wildman–Crippen LogP) is 2.04. The molecule has 0 aromatic heterocycles. The summed E-state index contributed by atoms with van der Waals surface area (Å²) in [6.45, 7) is 1.09. The number of rotatable bonds is 4. The monoisotopic (exact) mass is 347 g/mol. The molecule has 3 rings (SSSR count). The van der Waals surface area contributed by atoms with Crippen molar-refractivity contribution < 1.29 is 18.8 Å². The largest absolute Gasteiger partial charge is 0.352 e. The van der Waals surface area contributed by atoms with Gasteiger partial charge in [0.1, 0.15) is 17.9 Å². The molecule has 1 atom stereocenters. The van der Waals surface area contributed by atoms with Crippen LogP contribution in [0, 0.1) is 5.82 Å². The average Bonchev–Trinajstić information content (AvgIpc) is 2.80. The highest BCUT2D eigenvalue weighted by Crippen LogP contribution is 2.30. The number of benzene rings is 1. The van der Waals surface area contributed by atoms with Crippen molar-refractivity contribution >= 4 is 17.8 Å². The highest BCUT2D eigenvalue weighted by molar-refractivity contribution is 6.09.